The molecular formula is C16H30N4O. The van der Waals surface area contributed by atoms with E-state index in [-0.39, 0.29) is 5.92 Å². The van der Waals surface area contributed by atoms with Gasteiger partial charge >= 0.3 is 0 Å². The van der Waals surface area contributed by atoms with Gasteiger partial charge in [0, 0.05) is 31.4 Å². The van der Waals surface area contributed by atoms with Crippen molar-refractivity contribution in [1.29, 1.82) is 5.41 Å². The van der Waals surface area contributed by atoms with Crippen LogP contribution in [-0.2, 0) is 4.74 Å². The zero-order valence-corrected chi connectivity index (χ0v) is 13.4. The Kier molecular flexibility index (Phi) is 6.06. The molecule has 4 N–H and O–H groups in total. The summed E-state index contributed by atoms with van der Waals surface area (Å²) in [5, 5.41) is 11.3. The zero-order chi connectivity index (χ0) is 15.2. The Morgan fingerprint density at radius 3 is 2.43 bits per heavy atom. The van der Waals surface area contributed by atoms with E-state index in [1.807, 2.05) is 20.0 Å². The number of nitrogens with one attached hydrogen (secondary N) is 2. The molecule has 0 aromatic rings. The third-order valence-corrected chi connectivity index (χ3v) is 4.62. The number of ether oxygens (including phenoxy) is 1. The first-order chi connectivity index (χ1) is 10.1. The molecule has 0 aromatic carbocycles. The Hall–Kier alpha value is -1.07. The highest BCUT2D eigenvalue weighted by molar-refractivity contribution is 5.98. The molecule has 0 bridgehead atoms. The molecular weight excluding hydrogens is 264 g/mol. The minimum atomic E-state index is 0.181. The molecule has 5 heteroatoms. The summed E-state index contributed by atoms with van der Waals surface area (Å²) in [6.07, 6.45) is 6.68. The molecule has 0 aromatic heterocycles. The lowest BCUT2D eigenvalue weighted by Crippen LogP contribution is -2.46. The van der Waals surface area contributed by atoms with Crippen molar-refractivity contribution in [3.05, 3.63) is 11.9 Å². The van der Waals surface area contributed by atoms with Gasteiger partial charge in [0.05, 0.1) is 24.6 Å². The highest BCUT2D eigenvalue weighted by Gasteiger charge is 2.26. The lowest BCUT2D eigenvalue weighted by Gasteiger charge is -2.38. The summed E-state index contributed by atoms with van der Waals surface area (Å²) in [6.45, 7) is 7.93. The van der Waals surface area contributed by atoms with Crippen molar-refractivity contribution in [2.24, 2.45) is 11.7 Å². The van der Waals surface area contributed by atoms with Gasteiger partial charge in [-0.25, -0.2) is 0 Å². The fourth-order valence-electron chi connectivity index (χ4n) is 3.17. The summed E-state index contributed by atoms with van der Waals surface area (Å²) in [5.41, 5.74) is 7.02. The third kappa shape index (κ3) is 4.71. The van der Waals surface area contributed by atoms with Gasteiger partial charge in [0.2, 0.25) is 0 Å². The predicted octanol–water partition coefficient (Wildman–Crippen LogP) is 1.70. The summed E-state index contributed by atoms with van der Waals surface area (Å²) in [4.78, 5) is 2.58. The first-order valence-corrected chi connectivity index (χ1v) is 8.20. The standard InChI is InChI=1S/C16H30N4O/c1-12(2)16(18)15(17)11-19-13-3-5-14(6-4-13)20-7-9-21-10-8-20/h11-14,18-19H,3-10,17H2,1-2H3/b15-11+,18-16?. The zero-order valence-electron chi connectivity index (χ0n) is 13.4. The van der Waals surface area contributed by atoms with Crippen LogP contribution in [0.1, 0.15) is 39.5 Å². The molecule has 0 spiro atoms. The summed E-state index contributed by atoms with van der Waals surface area (Å²) in [5.74, 6) is 0.181. The number of nitrogens with two attached hydrogens (primary N) is 1. The van der Waals surface area contributed by atoms with E-state index in [1.54, 1.807) is 0 Å². The van der Waals surface area contributed by atoms with Gasteiger partial charge in [-0.05, 0) is 31.6 Å². The van der Waals surface area contributed by atoms with E-state index in [0.717, 1.165) is 32.3 Å². The van der Waals surface area contributed by atoms with E-state index in [0.29, 0.717) is 17.5 Å². The fraction of sp³-hybridized carbons (Fsp3) is 0.812. The lowest BCUT2D eigenvalue weighted by atomic mass is 9.90. The minimum absolute atomic E-state index is 0.181. The van der Waals surface area contributed by atoms with Crippen LogP contribution in [0.25, 0.3) is 0 Å². The molecule has 0 unspecified atom stereocenters. The Bertz CT molecular complexity index is 366. The van der Waals surface area contributed by atoms with E-state index < -0.39 is 0 Å². The number of allylic oxidation sites excluding steroid dienone is 1. The van der Waals surface area contributed by atoms with Gasteiger partial charge < -0.3 is 21.2 Å². The van der Waals surface area contributed by atoms with Crippen molar-refractivity contribution in [3.8, 4) is 0 Å². The molecule has 0 amide bonds. The van der Waals surface area contributed by atoms with E-state index >= 15 is 0 Å². The smallest absolute Gasteiger partial charge is 0.0687 e. The second-order valence-corrected chi connectivity index (χ2v) is 6.49. The van der Waals surface area contributed by atoms with Gasteiger partial charge in [0.1, 0.15) is 0 Å². The van der Waals surface area contributed by atoms with Crippen molar-refractivity contribution < 1.29 is 4.74 Å². The van der Waals surface area contributed by atoms with Crippen LogP contribution in [0.2, 0.25) is 0 Å². The Morgan fingerprint density at radius 1 is 1.24 bits per heavy atom. The first kappa shape index (κ1) is 16.3. The van der Waals surface area contributed by atoms with Gasteiger partial charge in [0.15, 0.2) is 0 Å². The first-order valence-electron chi connectivity index (χ1n) is 8.20. The van der Waals surface area contributed by atoms with E-state index in [1.165, 1.54) is 25.7 Å². The normalized spacial score (nSPS) is 28.6. The summed E-state index contributed by atoms with van der Waals surface area (Å²) < 4.78 is 5.42. The monoisotopic (exact) mass is 294 g/mol. The molecule has 0 radical (unpaired) electrons. The Labute approximate surface area is 128 Å². The molecule has 1 aliphatic carbocycles. The third-order valence-electron chi connectivity index (χ3n) is 4.62. The van der Waals surface area contributed by atoms with E-state index in [4.69, 9.17) is 15.9 Å². The molecule has 1 heterocycles. The van der Waals surface area contributed by atoms with Crippen molar-refractivity contribution in [2.45, 2.75) is 51.6 Å². The van der Waals surface area contributed by atoms with Crippen LogP contribution in [0.15, 0.2) is 11.9 Å². The topological polar surface area (TPSA) is 74.4 Å². The molecule has 5 nitrogen and oxygen atoms in total. The number of hydrogen-bond donors (Lipinski definition) is 3. The van der Waals surface area contributed by atoms with Crippen molar-refractivity contribution in [3.63, 3.8) is 0 Å². The molecule has 0 atom stereocenters. The van der Waals surface area contributed by atoms with Gasteiger partial charge in [-0.3, -0.25) is 4.90 Å². The largest absolute Gasteiger partial charge is 0.396 e. The van der Waals surface area contributed by atoms with Crippen LogP contribution in [-0.4, -0.2) is 49.0 Å². The summed E-state index contributed by atoms with van der Waals surface area (Å²) >= 11 is 0. The molecule has 1 saturated heterocycles. The van der Waals surface area contributed by atoms with Gasteiger partial charge in [-0.2, -0.15) is 0 Å². The van der Waals surface area contributed by atoms with Crippen molar-refractivity contribution in [2.75, 3.05) is 26.3 Å². The molecule has 1 aliphatic heterocycles. The van der Waals surface area contributed by atoms with Crippen molar-refractivity contribution >= 4 is 5.71 Å². The maximum Gasteiger partial charge on any atom is 0.0687 e. The second kappa shape index (κ2) is 7.80. The number of rotatable bonds is 5. The minimum Gasteiger partial charge on any atom is -0.396 e. The van der Waals surface area contributed by atoms with Crippen molar-refractivity contribution in [1.82, 2.24) is 10.2 Å². The van der Waals surface area contributed by atoms with E-state index in [9.17, 15) is 0 Å². The number of nitrogens with zero attached hydrogens (tertiary/aromatic N) is 1. The molecule has 2 rings (SSSR count). The predicted molar refractivity (Wildman–Crippen MR) is 86.4 cm³/mol. The van der Waals surface area contributed by atoms with Crippen LogP contribution in [0.3, 0.4) is 0 Å². The maximum atomic E-state index is 7.88. The molecule has 21 heavy (non-hydrogen) atoms. The van der Waals surface area contributed by atoms with Crippen LogP contribution in [0, 0.1) is 11.3 Å². The molecule has 2 fully saturated rings. The molecule has 1 saturated carbocycles. The van der Waals surface area contributed by atoms with Crippen LogP contribution in [0.5, 0.6) is 0 Å². The van der Waals surface area contributed by atoms with E-state index in [2.05, 4.69) is 10.2 Å². The fourth-order valence-corrected chi connectivity index (χ4v) is 3.17. The Morgan fingerprint density at radius 2 is 1.86 bits per heavy atom. The number of hydrogen-bond acceptors (Lipinski definition) is 5. The molecule has 2 aliphatic rings. The highest BCUT2D eigenvalue weighted by atomic mass is 16.5. The Balaban J connectivity index is 1.73. The summed E-state index contributed by atoms with van der Waals surface area (Å²) in [6, 6.07) is 1.23. The average Bonchev–Trinajstić information content (AvgIpc) is 2.53. The van der Waals surface area contributed by atoms with Crippen LogP contribution < -0.4 is 11.1 Å². The second-order valence-electron chi connectivity index (χ2n) is 6.49. The number of morpholine rings is 1. The lowest BCUT2D eigenvalue weighted by molar-refractivity contribution is 0.00690. The van der Waals surface area contributed by atoms with Crippen LogP contribution >= 0.6 is 0 Å². The SMILES string of the molecule is CC(C)C(=N)/C(N)=C\NC1CCC(N2CCOCC2)CC1. The van der Waals surface area contributed by atoms with Crippen LogP contribution in [0.4, 0.5) is 0 Å². The average molecular weight is 294 g/mol. The van der Waals surface area contributed by atoms with Gasteiger partial charge in [-0.1, -0.05) is 13.8 Å². The quantitative estimate of drug-likeness (QED) is 0.675. The highest BCUT2D eigenvalue weighted by Crippen LogP contribution is 2.24. The van der Waals surface area contributed by atoms with Gasteiger partial charge in [-0.15, -0.1) is 0 Å². The summed E-state index contributed by atoms with van der Waals surface area (Å²) in [7, 11) is 0. The maximum absolute atomic E-state index is 7.88. The molecule has 120 valence electrons. The van der Waals surface area contributed by atoms with Gasteiger partial charge in [0.25, 0.3) is 0 Å².